The predicted molar refractivity (Wildman–Crippen MR) is 128 cm³/mol. The van der Waals surface area contributed by atoms with Crippen LogP contribution < -0.4 is 5.73 Å². The minimum atomic E-state index is -3.22. The van der Waals surface area contributed by atoms with Crippen LogP contribution in [0.5, 0.6) is 0 Å². The van der Waals surface area contributed by atoms with Gasteiger partial charge in [-0.2, -0.15) is 0 Å². The van der Waals surface area contributed by atoms with Gasteiger partial charge in [0.15, 0.2) is 0 Å². The summed E-state index contributed by atoms with van der Waals surface area (Å²) in [6.45, 7) is 0. The summed E-state index contributed by atoms with van der Waals surface area (Å²) in [6.07, 6.45) is -0.806. The average Bonchev–Trinajstić information content (AvgIpc) is 2.61. The van der Waals surface area contributed by atoms with Crippen LogP contribution in [0.15, 0.2) is 60.7 Å². The van der Waals surface area contributed by atoms with Crippen molar-refractivity contribution in [2.45, 2.75) is 6.42 Å². The third-order valence-corrected chi connectivity index (χ3v) is 3.24. The smallest absolute Gasteiger partial charge is 0.339 e. The number of fused-ring (bicyclic) bond motifs is 1. The maximum absolute atomic E-state index is 9.51. The Morgan fingerprint density at radius 2 is 1.35 bits per heavy atom. The quantitative estimate of drug-likeness (QED) is 0.134. The number of aliphatic carboxylic acids is 2. The molecule has 1 heterocycles. The Labute approximate surface area is 202 Å². The lowest BCUT2D eigenvalue weighted by Gasteiger charge is -1.98. The molecule has 0 saturated carbocycles. The molecule has 3 aromatic rings. The molecule has 1 aromatic heterocycles. The Morgan fingerprint density at radius 1 is 0.903 bits per heavy atom. The molecule has 168 valence electrons. The minimum Gasteiger partial charge on any atom is -0.481 e. The first-order chi connectivity index (χ1) is 14.3. The fraction of sp³-hybridized carbons (Fsp3) is 0.0556. The van der Waals surface area contributed by atoms with E-state index in [9.17, 15) is 14.2 Å². The number of benzene rings is 2. The SMILES string of the molecule is Clc1cc(Cl)c2ccccc2n1.Nc1ccccc1.O=C(O)CC(=O)O.O=P(Cl)(Cl)Cl. The number of carboxylic acids is 2. The summed E-state index contributed by atoms with van der Waals surface area (Å²) in [4.78, 5) is 23.0. The number of para-hydroxylation sites is 2. The summed E-state index contributed by atoms with van der Waals surface area (Å²) in [7, 11) is 0. The van der Waals surface area contributed by atoms with Crippen molar-refractivity contribution >= 4 is 90.7 Å². The van der Waals surface area contributed by atoms with Crippen LogP contribution in [0.1, 0.15) is 6.42 Å². The zero-order valence-corrected chi connectivity index (χ0v) is 20.1. The minimum absolute atomic E-state index is 0.429. The molecule has 3 rings (SSSR count). The van der Waals surface area contributed by atoms with Gasteiger partial charge in [-0.15, -0.1) is 0 Å². The lowest BCUT2D eigenvalue weighted by atomic mass is 10.2. The number of anilines is 1. The molecule has 0 spiro atoms. The van der Waals surface area contributed by atoms with Crippen LogP contribution in [0.2, 0.25) is 10.2 Å². The highest BCUT2D eigenvalue weighted by Gasteiger charge is 2.03. The van der Waals surface area contributed by atoms with Crippen LogP contribution in [-0.4, -0.2) is 27.1 Å². The average molecular weight is 549 g/mol. The van der Waals surface area contributed by atoms with Gasteiger partial charge in [0.05, 0.1) is 10.5 Å². The Bertz CT molecular complexity index is 1010. The van der Waals surface area contributed by atoms with E-state index in [0.717, 1.165) is 16.6 Å². The van der Waals surface area contributed by atoms with Crippen molar-refractivity contribution in [1.82, 2.24) is 4.98 Å². The number of carboxylic acid groups (broad SMARTS) is 2. The summed E-state index contributed by atoms with van der Waals surface area (Å²) in [5.41, 5.74) is 7.01. The van der Waals surface area contributed by atoms with Crippen LogP contribution in [0, 0.1) is 0 Å². The van der Waals surface area contributed by atoms with Gasteiger partial charge in [0.1, 0.15) is 11.6 Å². The van der Waals surface area contributed by atoms with Crippen LogP contribution >= 0.6 is 62.1 Å². The number of nitrogen functional groups attached to an aromatic ring is 1. The van der Waals surface area contributed by atoms with Gasteiger partial charge in [-0.1, -0.05) is 59.6 Å². The molecule has 13 heteroatoms. The lowest BCUT2D eigenvalue weighted by molar-refractivity contribution is -0.147. The summed E-state index contributed by atoms with van der Waals surface area (Å²) >= 11 is 25.5. The van der Waals surface area contributed by atoms with E-state index in [1.165, 1.54) is 0 Å². The zero-order chi connectivity index (χ0) is 24.0. The van der Waals surface area contributed by atoms with Gasteiger partial charge in [0.2, 0.25) is 0 Å². The molecule has 4 N–H and O–H groups in total. The molecule has 2 aromatic carbocycles. The van der Waals surface area contributed by atoms with Gasteiger partial charge in [0, 0.05) is 11.1 Å². The highest BCUT2D eigenvalue weighted by Crippen LogP contribution is 2.61. The Morgan fingerprint density at radius 3 is 1.74 bits per heavy atom. The summed E-state index contributed by atoms with van der Waals surface area (Å²) in [5.74, 6) is -2.62. The highest BCUT2D eigenvalue weighted by atomic mass is 36.0. The van der Waals surface area contributed by atoms with Crippen molar-refractivity contribution in [2.24, 2.45) is 0 Å². The number of aromatic nitrogens is 1. The molecule has 0 atom stereocenters. The van der Waals surface area contributed by atoms with Crippen molar-refractivity contribution in [3.05, 3.63) is 70.8 Å². The van der Waals surface area contributed by atoms with Crippen LogP contribution in [0.25, 0.3) is 10.9 Å². The van der Waals surface area contributed by atoms with Gasteiger partial charge in [-0.3, -0.25) is 14.2 Å². The molecule has 0 aliphatic rings. The van der Waals surface area contributed by atoms with E-state index in [1.807, 2.05) is 54.6 Å². The topological polar surface area (TPSA) is 131 Å². The van der Waals surface area contributed by atoms with Crippen molar-refractivity contribution in [1.29, 1.82) is 0 Å². The second kappa shape index (κ2) is 15.1. The van der Waals surface area contributed by atoms with Gasteiger partial charge < -0.3 is 15.9 Å². The first-order valence-electron chi connectivity index (χ1n) is 7.93. The van der Waals surface area contributed by atoms with E-state index >= 15 is 0 Å². The van der Waals surface area contributed by atoms with E-state index in [4.69, 9.17) is 39.1 Å². The van der Waals surface area contributed by atoms with Gasteiger partial charge in [-0.05, 0) is 58.0 Å². The molecular formula is C18H16Cl5N2O5P. The second-order valence-corrected chi connectivity index (χ2v) is 12.7. The first kappa shape index (κ1) is 29.3. The van der Waals surface area contributed by atoms with Crippen molar-refractivity contribution in [3.8, 4) is 0 Å². The van der Waals surface area contributed by atoms with Gasteiger partial charge in [-0.25, -0.2) is 4.98 Å². The maximum atomic E-state index is 9.51. The van der Waals surface area contributed by atoms with Gasteiger partial charge in [0.25, 0.3) is 0 Å². The summed E-state index contributed by atoms with van der Waals surface area (Å²) in [5, 5.41) is 14.2. The van der Waals surface area contributed by atoms with E-state index in [2.05, 4.69) is 38.7 Å². The van der Waals surface area contributed by atoms with Crippen molar-refractivity contribution in [3.63, 3.8) is 0 Å². The number of rotatable bonds is 2. The number of pyridine rings is 1. The fourth-order valence-electron chi connectivity index (χ4n) is 1.69. The maximum Gasteiger partial charge on any atom is 0.339 e. The molecule has 7 nitrogen and oxygen atoms in total. The molecular weight excluding hydrogens is 532 g/mol. The van der Waals surface area contributed by atoms with Crippen molar-refractivity contribution < 1.29 is 24.4 Å². The first-order valence-corrected chi connectivity index (χ1v) is 13.1. The van der Waals surface area contributed by atoms with E-state index in [-0.39, 0.29) is 0 Å². The fourth-order valence-corrected chi connectivity index (χ4v) is 2.20. The molecule has 0 aliphatic heterocycles. The predicted octanol–water partition coefficient (Wildman–Crippen LogP) is 7.17. The summed E-state index contributed by atoms with van der Waals surface area (Å²) < 4.78 is 9.51. The number of hydrogen-bond donors (Lipinski definition) is 3. The third-order valence-electron chi connectivity index (χ3n) is 2.74. The van der Waals surface area contributed by atoms with Crippen LogP contribution in [-0.2, 0) is 14.2 Å². The Hall–Kier alpha value is -1.73. The number of hydrogen-bond acceptors (Lipinski definition) is 5. The molecule has 31 heavy (non-hydrogen) atoms. The lowest BCUT2D eigenvalue weighted by Crippen LogP contribution is -2.03. The molecule has 0 fully saturated rings. The van der Waals surface area contributed by atoms with E-state index in [0.29, 0.717) is 10.2 Å². The normalized spacial score (nSPS) is 9.71. The summed E-state index contributed by atoms with van der Waals surface area (Å²) in [6, 6.07) is 18.8. The standard InChI is InChI=1S/C9H5Cl2N.C6H7N.C3H4O4.Cl3OP/c10-7-5-9(11)12-8-4-2-1-3-6(7)8;7-6-4-2-1-3-5-6;4-2(5)1-3(6)7;1-5(2,3)4/h1-5H;1-5H,7H2;1H2,(H,4,5)(H,6,7);. The Kier molecular flexibility index (Phi) is 14.3. The van der Waals surface area contributed by atoms with Crippen LogP contribution in [0.3, 0.4) is 0 Å². The molecule has 0 amide bonds. The van der Waals surface area contributed by atoms with E-state index in [1.54, 1.807) is 6.07 Å². The third kappa shape index (κ3) is 17.6. The Balaban J connectivity index is 0.000000414. The molecule has 0 aliphatic carbocycles. The number of nitrogens with two attached hydrogens (primary N) is 1. The van der Waals surface area contributed by atoms with Gasteiger partial charge >= 0.3 is 17.1 Å². The number of halogens is 5. The monoisotopic (exact) mass is 546 g/mol. The largest absolute Gasteiger partial charge is 0.481 e. The molecule has 0 bridgehead atoms. The second-order valence-electron chi connectivity index (χ2n) is 5.22. The van der Waals surface area contributed by atoms with Crippen molar-refractivity contribution in [2.75, 3.05) is 5.73 Å². The van der Waals surface area contributed by atoms with E-state index < -0.39 is 23.6 Å². The molecule has 0 radical (unpaired) electrons. The molecule has 0 unspecified atom stereocenters. The highest BCUT2D eigenvalue weighted by molar-refractivity contribution is 8.24. The zero-order valence-electron chi connectivity index (χ0n) is 15.5. The molecule has 0 saturated heterocycles. The number of nitrogens with zero attached hydrogens (tertiary/aromatic N) is 1. The number of carbonyl (C=O) groups is 2. The van der Waals surface area contributed by atoms with Crippen LogP contribution in [0.4, 0.5) is 5.69 Å².